The second-order valence-corrected chi connectivity index (χ2v) is 6.39. The molecule has 0 aromatic heterocycles. The number of rotatable bonds is 18. The minimum Gasteiger partial charge on any atom is -0.380 e. The molecule has 1 heterocycles. The van der Waals surface area contributed by atoms with Crippen molar-refractivity contribution >= 4 is 0 Å². The molecular weight excluding hydrogens is 348 g/mol. The normalized spacial score (nSPS) is 15.9. The van der Waals surface area contributed by atoms with Crippen LogP contribution < -0.4 is 0 Å². The molecule has 0 bridgehead atoms. The highest BCUT2D eigenvalue weighted by Gasteiger charge is 2.15. The molecule has 158 valence electrons. The maximum absolute atomic E-state index is 5.65. The summed E-state index contributed by atoms with van der Waals surface area (Å²) in [6.07, 6.45) is 6.17. The summed E-state index contributed by atoms with van der Waals surface area (Å²) < 4.78 is 27.1. The molecule has 0 saturated carbocycles. The van der Waals surface area contributed by atoms with Crippen LogP contribution in [-0.4, -0.2) is 115 Å². The van der Waals surface area contributed by atoms with E-state index < -0.39 is 0 Å². The van der Waals surface area contributed by atoms with Gasteiger partial charge >= 0.3 is 0 Å². The van der Waals surface area contributed by atoms with E-state index in [-0.39, 0.29) is 0 Å². The molecule has 0 aromatic rings. The van der Waals surface area contributed by atoms with Gasteiger partial charge in [-0.1, -0.05) is 12.8 Å². The molecule has 0 amide bonds. The third-order valence-corrected chi connectivity index (χ3v) is 4.22. The smallest absolute Gasteiger partial charge is 0.107 e. The standard InChI is InChI=1S/C20H38N2O5/c1-3-11-23-13-9-21-5-7-22(8-6-21)10-14-25-16-18-27-20-19-26-17-15-24-12-4-2/h2H,3,5-20H2,1H3. The average molecular weight is 387 g/mol. The van der Waals surface area contributed by atoms with E-state index in [1.165, 1.54) is 0 Å². The molecule has 0 N–H and O–H groups in total. The zero-order valence-electron chi connectivity index (χ0n) is 17.0. The van der Waals surface area contributed by atoms with Gasteiger partial charge in [-0.25, -0.2) is 0 Å². The molecule has 0 aliphatic carbocycles. The van der Waals surface area contributed by atoms with E-state index in [0.29, 0.717) is 46.2 Å². The molecule has 0 unspecified atom stereocenters. The van der Waals surface area contributed by atoms with Crippen LogP contribution in [0.3, 0.4) is 0 Å². The van der Waals surface area contributed by atoms with E-state index in [4.69, 9.17) is 30.1 Å². The Balaban J connectivity index is 1.78. The Morgan fingerprint density at radius 1 is 0.630 bits per heavy atom. The quantitative estimate of drug-likeness (QED) is 0.254. The van der Waals surface area contributed by atoms with Crippen LogP contribution in [0.4, 0.5) is 0 Å². The van der Waals surface area contributed by atoms with Gasteiger partial charge in [-0.15, -0.1) is 6.42 Å². The van der Waals surface area contributed by atoms with Gasteiger partial charge in [-0.05, 0) is 6.42 Å². The zero-order chi connectivity index (χ0) is 19.4. The summed E-state index contributed by atoms with van der Waals surface area (Å²) in [5, 5.41) is 0. The van der Waals surface area contributed by atoms with Crippen molar-refractivity contribution in [1.29, 1.82) is 0 Å². The Labute approximate surface area is 165 Å². The Morgan fingerprint density at radius 2 is 1.04 bits per heavy atom. The first-order valence-electron chi connectivity index (χ1n) is 10.1. The van der Waals surface area contributed by atoms with E-state index >= 15 is 0 Å². The molecule has 1 aliphatic heterocycles. The van der Waals surface area contributed by atoms with Crippen molar-refractivity contribution in [3.05, 3.63) is 0 Å². The molecule has 0 atom stereocenters. The largest absolute Gasteiger partial charge is 0.380 e. The van der Waals surface area contributed by atoms with E-state index in [1.54, 1.807) is 0 Å². The lowest BCUT2D eigenvalue weighted by molar-refractivity contribution is -0.00301. The molecule has 1 aliphatic rings. The fraction of sp³-hybridized carbons (Fsp3) is 0.900. The van der Waals surface area contributed by atoms with Gasteiger partial charge in [-0.3, -0.25) is 9.80 Å². The van der Waals surface area contributed by atoms with Crippen LogP contribution in [-0.2, 0) is 23.7 Å². The predicted molar refractivity (Wildman–Crippen MR) is 106 cm³/mol. The molecule has 1 saturated heterocycles. The second-order valence-electron chi connectivity index (χ2n) is 6.39. The van der Waals surface area contributed by atoms with Crippen LogP contribution in [0.2, 0.25) is 0 Å². The van der Waals surface area contributed by atoms with Crippen LogP contribution >= 0.6 is 0 Å². The minimum atomic E-state index is 0.334. The SMILES string of the molecule is C#CCOCCOCCOCCOCCN1CCN(CCOCCC)CC1. The van der Waals surface area contributed by atoms with Crippen molar-refractivity contribution in [3.63, 3.8) is 0 Å². The summed E-state index contributed by atoms with van der Waals surface area (Å²) in [5.41, 5.74) is 0. The van der Waals surface area contributed by atoms with Gasteiger partial charge < -0.3 is 23.7 Å². The third-order valence-electron chi connectivity index (χ3n) is 4.22. The predicted octanol–water partition coefficient (Wildman–Crippen LogP) is 0.730. The monoisotopic (exact) mass is 386 g/mol. The molecule has 0 aromatic carbocycles. The number of ether oxygens (including phenoxy) is 5. The third kappa shape index (κ3) is 14.9. The lowest BCUT2D eigenvalue weighted by Crippen LogP contribution is -2.48. The molecule has 0 spiro atoms. The highest BCUT2D eigenvalue weighted by atomic mass is 16.6. The second kappa shape index (κ2) is 18.6. The van der Waals surface area contributed by atoms with Gasteiger partial charge in [0, 0.05) is 45.9 Å². The Morgan fingerprint density at radius 3 is 1.48 bits per heavy atom. The maximum Gasteiger partial charge on any atom is 0.107 e. The van der Waals surface area contributed by atoms with E-state index in [9.17, 15) is 0 Å². The Bertz CT molecular complexity index is 357. The first-order chi connectivity index (χ1) is 13.4. The average Bonchev–Trinajstić information content (AvgIpc) is 2.70. The molecular formula is C20H38N2O5. The highest BCUT2D eigenvalue weighted by molar-refractivity contribution is 4.82. The molecule has 0 radical (unpaired) electrons. The van der Waals surface area contributed by atoms with Crippen molar-refractivity contribution in [2.24, 2.45) is 0 Å². The Kier molecular flexibility index (Phi) is 16.8. The zero-order valence-corrected chi connectivity index (χ0v) is 17.0. The van der Waals surface area contributed by atoms with Crippen LogP contribution in [0.5, 0.6) is 0 Å². The van der Waals surface area contributed by atoms with Gasteiger partial charge in [-0.2, -0.15) is 0 Å². The van der Waals surface area contributed by atoms with Gasteiger partial charge in [0.25, 0.3) is 0 Å². The lowest BCUT2D eigenvalue weighted by atomic mass is 10.3. The summed E-state index contributed by atoms with van der Waals surface area (Å²) in [5.74, 6) is 2.41. The van der Waals surface area contributed by atoms with Gasteiger partial charge in [0.1, 0.15) is 6.61 Å². The first kappa shape index (κ1) is 24.3. The molecule has 27 heavy (non-hydrogen) atoms. The summed E-state index contributed by atoms with van der Waals surface area (Å²) in [6.45, 7) is 14.9. The van der Waals surface area contributed by atoms with Crippen molar-refractivity contribution in [2.75, 3.05) is 105 Å². The van der Waals surface area contributed by atoms with E-state index in [2.05, 4.69) is 22.6 Å². The summed E-state index contributed by atoms with van der Waals surface area (Å²) in [7, 11) is 0. The lowest BCUT2D eigenvalue weighted by Gasteiger charge is -2.34. The Hall–Kier alpha value is -0.720. The van der Waals surface area contributed by atoms with E-state index in [1.807, 2.05) is 0 Å². The van der Waals surface area contributed by atoms with E-state index in [0.717, 1.165) is 65.5 Å². The topological polar surface area (TPSA) is 52.6 Å². The summed E-state index contributed by atoms with van der Waals surface area (Å²) in [4.78, 5) is 4.94. The fourth-order valence-electron chi connectivity index (χ4n) is 2.66. The van der Waals surface area contributed by atoms with Crippen LogP contribution in [0.15, 0.2) is 0 Å². The van der Waals surface area contributed by atoms with Gasteiger partial charge in [0.2, 0.25) is 0 Å². The summed E-state index contributed by atoms with van der Waals surface area (Å²) in [6, 6.07) is 0. The number of piperazine rings is 1. The minimum absolute atomic E-state index is 0.334. The van der Waals surface area contributed by atoms with Crippen molar-refractivity contribution in [3.8, 4) is 12.3 Å². The molecule has 1 fully saturated rings. The maximum atomic E-state index is 5.65. The van der Waals surface area contributed by atoms with Crippen molar-refractivity contribution in [2.45, 2.75) is 13.3 Å². The number of hydrogen-bond donors (Lipinski definition) is 0. The van der Waals surface area contributed by atoms with Crippen molar-refractivity contribution in [1.82, 2.24) is 9.80 Å². The molecule has 7 nitrogen and oxygen atoms in total. The number of terminal acetylenes is 1. The van der Waals surface area contributed by atoms with Gasteiger partial charge in [0.15, 0.2) is 0 Å². The molecule has 7 heteroatoms. The fourth-order valence-corrected chi connectivity index (χ4v) is 2.66. The van der Waals surface area contributed by atoms with Crippen LogP contribution in [0.1, 0.15) is 13.3 Å². The number of hydrogen-bond acceptors (Lipinski definition) is 7. The summed E-state index contributed by atoms with van der Waals surface area (Å²) >= 11 is 0. The van der Waals surface area contributed by atoms with Crippen LogP contribution in [0.25, 0.3) is 0 Å². The van der Waals surface area contributed by atoms with Crippen LogP contribution in [0, 0.1) is 12.3 Å². The first-order valence-corrected chi connectivity index (χ1v) is 10.1. The van der Waals surface area contributed by atoms with Gasteiger partial charge in [0.05, 0.1) is 52.9 Å². The highest BCUT2D eigenvalue weighted by Crippen LogP contribution is 2.01. The molecule has 1 rings (SSSR count). The van der Waals surface area contributed by atoms with Crippen molar-refractivity contribution < 1.29 is 23.7 Å². The number of nitrogens with zero attached hydrogens (tertiary/aromatic N) is 2.